The van der Waals surface area contributed by atoms with E-state index in [1.807, 2.05) is 0 Å². The molecule has 0 amide bonds. The van der Waals surface area contributed by atoms with Gasteiger partial charge in [0.05, 0.1) is 0 Å². The molecule has 0 aliphatic heterocycles. The fourth-order valence-corrected chi connectivity index (χ4v) is 1.85. The molecule has 0 heterocycles. The molecule has 1 aromatic carbocycles. The van der Waals surface area contributed by atoms with E-state index in [1.165, 1.54) is 36.0 Å². The average molecular weight is 216 g/mol. The minimum atomic E-state index is 0.834. The second kappa shape index (κ2) is 5.89. The van der Waals surface area contributed by atoms with Crippen molar-refractivity contribution in [1.29, 1.82) is 0 Å². The molecule has 0 saturated heterocycles. The monoisotopic (exact) mass is 216 g/mol. The Bertz CT molecular complexity index is 360. The third kappa shape index (κ3) is 3.52. The van der Waals surface area contributed by atoms with Crippen LogP contribution in [0.25, 0.3) is 5.57 Å². The average Bonchev–Trinajstić information content (AvgIpc) is 2.26. The highest BCUT2D eigenvalue weighted by molar-refractivity contribution is 5.62. The molecule has 0 radical (unpaired) electrons. The Morgan fingerprint density at radius 2 is 2.06 bits per heavy atom. The van der Waals surface area contributed by atoms with Gasteiger partial charge in [0.15, 0.2) is 0 Å². The minimum Gasteiger partial charge on any atom is -0.0955 e. The quantitative estimate of drug-likeness (QED) is 0.649. The van der Waals surface area contributed by atoms with Crippen LogP contribution in [0.3, 0.4) is 0 Å². The summed E-state index contributed by atoms with van der Waals surface area (Å²) in [5, 5.41) is 0. The maximum absolute atomic E-state index is 3.98. The number of rotatable bonds is 5. The Morgan fingerprint density at radius 1 is 1.38 bits per heavy atom. The van der Waals surface area contributed by atoms with Crippen molar-refractivity contribution in [1.82, 2.24) is 0 Å². The van der Waals surface area contributed by atoms with Gasteiger partial charge in [0.1, 0.15) is 0 Å². The zero-order valence-corrected chi connectivity index (χ0v) is 11.1. The van der Waals surface area contributed by atoms with Gasteiger partial charge in [-0.25, -0.2) is 0 Å². The Balaban J connectivity index is 2.72. The van der Waals surface area contributed by atoms with Crippen LogP contribution in [0.2, 0.25) is 0 Å². The molecule has 1 unspecified atom stereocenters. The van der Waals surface area contributed by atoms with E-state index < -0.39 is 0 Å². The van der Waals surface area contributed by atoms with Crippen molar-refractivity contribution >= 4 is 5.57 Å². The van der Waals surface area contributed by atoms with Crippen LogP contribution in [0, 0.1) is 12.8 Å². The van der Waals surface area contributed by atoms with Crippen molar-refractivity contribution in [2.24, 2.45) is 5.92 Å². The molecule has 16 heavy (non-hydrogen) atoms. The molecule has 0 fully saturated rings. The van der Waals surface area contributed by atoms with Gasteiger partial charge in [-0.15, -0.1) is 0 Å². The number of hydrogen-bond acceptors (Lipinski definition) is 0. The molecule has 0 spiro atoms. The number of allylic oxidation sites excluding steroid dienone is 1. The highest BCUT2D eigenvalue weighted by Crippen LogP contribution is 2.19. The van der Waals surface area contributed by atoms with Gasteiger partial charge in [0.25, 0.3) is 0 Å². The fourth-order valence-electron chi connectivity index (χ4n) is 1.85. The molecule has 0 bridgehead atoms. The fraction of sp³-hybridized carbons (Fsp3) is 0.500. The summed E-state index contributed by atoms with van der Waals surface area (Å²) in [4.78, 5) is 0. The predicted molar refractivity (Wildman–Crippen MR) is 73.7 cm³/mol. The van der Waals surface area contributed by atoms with Gasteiger partial charge in [-0.3, -0.25) is 0 Å². The summed E-state index contributed by atoms with van der Waals surface area (Å²) >= 11 is 0. The van der Waals surface area contributed by atoms with E-state index in [-0.39, 0.29) is 0 Å². The molecule has 88 valence electrons. The van der Waals surface area contributed by atoms with E-state index in [0.717, 1.165) is 11.5 Å². The second-order valence-electron chi connectivity index (χ2n) is 4.97. The normalized spacial score (nSPS) is 12.5. The summed E-state index contributed by atoms with van der Waals surface area (Å²) in [5.41, 5.74) is 5.32. The maximum Gasteiger partial charge on any atom is -0.0230 e. The number of aryl methyl sites for hydroxylation is 2. The molecule has 0 N–H and O–H groups in total. The largest absolute Gasteiger partial charge is 0.0955 e. The van der Waals surface area contributed by atoms with E-state index in [0.29, 0.717) is 0 Å². The molecular weight excluding hydrogens is 192 g/mol. The van der Waals surface area contributed by atoms with E-state index in [9.17, 15) is 0 Å². The third-order valence-electron chi connectivity index (χ3n) is 3.44. The van der Waals surface area contributed by atoms with Gasteiger partial charge in [-0.05, 0) is 49.3 Å². The van der Waals surface area contributed by atoms with Crippen LogP contribution in [0.5, 0.6) is 0 Å². The molecule has 0 aliphatic rings. The lowest BCUT2D eigenvalue weighted by Crippen LogP contribution is -1.97. The zero-order chi connectivity index (χ0) is 12.1. The Morgan fingerprint density at radius 3 is 2.56 bits per heavy atom. The van der Waals surface area contributed by atoms with Crippen LogP contribution in [0.1, 0.15) is 50.3 Å². The molecular formula is C16H24. The van der Waals surface area contributed by atoms with Crippen molar-refractivity contribution in [3.63, 3.8) is 0 Å². The smallest absolute Gasteiger partial charge is 0.0230 e. The Labute approximate surface area is 100 Å². The topological polar surface area (TPSA) is 0 Å². The van der Waals surface area contributed by atoms with Crippen molar-refractivity contribution in [2.75, 3.05) is 0 Å². The van der Waals surface area contributed by atoms with Crippen LogP contribution in [-0.4, -0.2) is 0 Å². The molecule has 0 nitrogen and oxygen atoms in total. The molecule has 0 aromatic heterocycles. The summed E-state index contributed by atoms with van der Waals surface area (Å²) in [6, 6.07) is 6.72. The summed E-state index contributed by atoms with van der Waals surface area (Å²) in [7, 11) is 0. The first-order chi connectivity index (χ1) is 7.54. The molecule has 1 rings (SSSR count). The summed E-state index contributed by atoms with van der Waals surface area (Å²) < 4.78 is 0. The lowest BCUT2D eigenvalue weighted by Gasteiger charge is -2.11. The first-order valence-corrected chi connectivity index (χ1v) is 6.30. The van der Waals surface area contributed by atoms with Crippen LogP contribution >= 0.6 is 0 Å². The van der Waals surface area contributed by atoms with Crippen molar-refractivity contribution in [2.45, 2.75) is 47.0 Å². The Hall–Kier alpha value is -1.04. The molecule has 0 heteroatoms. The van der Waals surface area contributed by atoms with Crippen molar-refractivity contribution in [3.05, 3.63) is 41.5 Å². The second-order valence-corrected chi connectivity index (χ2v) is 4.97. The molecule has 0 saturated carbocycles. The summed E-state index contributed by atoms with van der Waals surface area (Å²) in [6.45, 7) is 12.8. The minimum absolute atomic E-state index is 0.834. The standard InChI is InChI=1S/C16H24/c1-6-13(4)7-8-15-9-10-16(12(2)3)11-14(15)5/h9-11,13H,2,6-8H2,1,3-5H3. The predicted octanol–water partition coefficient (Wildman–Crippen LogP) is 5.01. The lowest BCUT2D eigenvalue weighted by molar-refractivity contribution is 0.516. The first-order valence-electron chi connectivity index (χ1n) is 6.30. The van der Waals surface area contributed by atoms with Gasteiger partial charge in [0.2, 0.25) is 0 Å². The number of hydrogen-bond donors (Lipinski definition) is 0. The van der Waals surface area contributed by atoms with E-state index >= 15 is 0 Å². The van der Waals surface area contributed by atoms with Crippen LogP contribution in [0.15, 0.2) is 24.8 Å². The molecule has 1 aromatic rings. The first kappa shape index (κ1) is 13.0. The highest BCUT2D eigenvalue weighted by Gasteiger charge is 2.03. The van der Waals surface area contributed by atoms with Crippen molar-refractivity contribution < 1.29 is 0 Å². The summed E-state index contributed by atoms with van der Waals surface area (Å²) in [6.07, 6.45) is 3.78. The van der Waals surface area contributed by atoms with Gasteiger partial charge in [0, 0.05) is 0 Å². The van der Waals surface area contributed by atoms with Gasteiger partial charge in [-0.1, -0.05) is 50.6 Å². The third-order valence-corrected chi connectivity index (χ3v) is 3.44. The van der Waals surface area contributed by atoms with Gasteiger partial charge < -0.3 is 0 Å². The SMILES string of the molecule is C=C(C)c1ccc(CCC(C)CC)c(C)c1. The maximum atomic E-state index is 3.98. The van der Waals surface area contributed by atoms with Gasteiger partial charge in [-0.2, -0.15) is 0 Å². The van der Waals surface area contributed by atoms with E-state index in [1.54, 1.807) is 0 Å². The lowest BCUT2D eigenvalue weighted by atomic mass is 9.94. The van der Waals surface area contributed by atoms with Crippen LogP contribution < -0.4 is 0 Å². The molecule has 0 aliphatic carbocycles. The van der Waals surface area contributed by atoms with Gasteiger partial charge >= 0.3 is 0 Å². The Kier molecular flexibility index (Phi) is 4.79. The number of benzene rings is 1. The van der Waals surface area contributed by atoms with Crippen LogP contribution in [0.4, 0.5) is 0 Å². The van der Waals surface area contributed by atoms with E-state index in [4.69, 9.17) is 0 Å². The summed E-state index contributed by atoms with van der Waals surface area (Å²) in [5.74, 6) is 0.834. The van der Waals surface area contributed by atoms with E-state index in [2.05, 4.69) is 52.5 Å². The van der Waals surface area contributed by atoms with Crippen molar-refractivity contribution in [3.8, 4) is 0 Å². The highest BCUT2D eigenvalue weighted by atomic mass is 14.1. The van der Waals surface area contributed by atoms with Crippen LogP contribution in [-0.2, 0) is 6.42 Å². The molecule has 1 atom stereocenters. The zero-order valence-electron chi connectivity index (χ0n) is 11.1.